The van der Waals surface area contributed by atoms with Gasteiger partial charge in [0.25, 0.3) is 5.91 Å². The van der Waals surface area contributed by atoms with E-state index in [-0.39, 0.29) is 17.4 Å². The third kappa shape index (κ3) is 4.04. The Balaban J connectivity index is 1.39. The number of rotatable bonds is 6. The molecule has 2 aromatic carbocycles. The van der Waals surface area contributed by atoms with Gasteiger partial charge in [0.1, 0.15) is 5.75 Å². The van der Waals surface area contributed by atoms with Crippen LogP contribution in [0.2, 0.25) is 0 Å². The number of hydrazone groups is 1. The molecule has 1 atom stereocenters. The Morgan fingerprint density at radius 2 is 1.75 bits per heavy atom. The van der Waals surface area contributed by atoms with Gasteiger partial charge >= 0.3 is 0 Å². The summed E-state index contributed by atoms with van der Waals surface area (Å²) in [5.41, 5.74) is 2.65. The number of nitrogens with zero attached hydrogens (tertiary/aromatic N) is 6. The molecule has 1 aliphatic rings. The van der Waals surface area contributed by atoms with Gasteiger partial charge < -0.3 is 0 Å². The highest BCUT2D eigenvalue weighted by Crippen LogP contribution is 2.14. The summed E-state index contributed by atoms with van der Waals surface area (Å²) in [6.45, 7) is 0.502. The topological polar surface area (TPSA) is 93.3 Å². The van der Waals surface area contributed by atoms with E-state index in [1.807, 2.05) is 60.7 Å². The van der Waals surface area contributed by atoms with Crippen molar-refractivity contribution in [1.29, 1.82) is 0 Å². The van der Waals surface area contributed by atoms with Crippen LogP contribution in [0.5, 0.6) is 0 Å². The summed E-state index contributed by atoms with van der Waals surface area (Å²) in [6, 6.07) is 19.1. The zero-order valence-corrected chi connectivity index (χ0v) is 15.8. The highest BCUT2D eigenvalue weighted by Gasteiger charge is 2.23. The lowest BCUT2D eigenvalue weighted by atomic mass is 10.1. The van der Waals surface area contributed by atoms with E-state index in [4.69, 9.17) is 0 Å². The number of carbonyl (C=O) groups excluding carboxylic acids is 1. The maximum Gasteiger partial charge on any atom is 0.255 e. The van der Waals surface area contributed by atoms with E-state index in [0.717, 1.165) is 17.0 Å². The standard InChI is InChI=1S/C19H18N6O2S/c26-19(24-12-11-17(21-24)15-7-3-1-4-8-15)14-28(27)13-18-20-22-23-25(18)16-9-5-2-6-10-16/h1-10H,11-14H2/t28-/m1/s1. The number of aromatic nitrogens is 4. The number of hydrogen-bond acceptors (Lipinski definition) is 6. The van der Waals surface area contributed by atoms with Crippen LogP contribution in [0.3, 0.4) is 0 Å². The molecule has 1 amide bonds. The van der Waals surface area contributed by atoms with Crippen molar-refractivity contribution >= 4 is 22.4 Å². The van der Waals surface area contributed by atoms with Gasteiger partial charge in [0, 0.05) is 17.2 Å². The van der Waals surface area contributed by atoms with Crippen molar-refractivity contribution in [3.8, 4) is 5.69 Å². The molecule has 0 aliphatic carbocycles. The van der Waals surface area contributed by atoms with Crippen LogP contribution >= 0.6 is 0 Å². The van der Waals surface area contributed by atoms with Gasteiger partial charge in [-0.2, -0.15) is 9.78 Å². The third-order valence-corrected chi connectivity index (χ3v) is 5.46. The van der Waals surface area contributed by atoms with E-state index in [0.29, 0.717) is 18.8 Å². The smallest absolute Gasteiger partial charge is 0.255 e. The minimum atomic E-state index is -1.44. The molecule has 0 spiro atoms. The number of para-hydroxylation sites is 1. The molecule has 0 saturated heterocycles. The van der Waals surface area contributed by atoms with Crippen LogP contribution in [0.15, 0.2) is 65.8 Å². The predicted molar refractivity (Wildman–Crippen MR) is 105 cm³/mol. The molecule has 0 radical (unpaired) electrons. The maximum absolute atomic E-state index is 12.5. The first kappa shape index (κ1) is 18.2. The summed E-state index contributed by atoms with van der Waals surface area (Å²) >= 11 is 0. The van der Waals surface area contributed by atoms with Crippen molar-refractivity contribution in [2.75, 3.05) is 12.3 Å². The van der Waals surface area contributed by atoms with Crippen molar-refractivity contribution in [3.63, 3.8) is 0 Å². The summed E-state index contributed by atoms with van der Waals surface area (Å²) in [4.78, 5) is 12.5. The van der Waals surface area contributed by atoms with E-state index >= 15 is 0 Å². The fourth-order valence-corrected chi connectivity index (χ4v) is 3.94. The van der Waals surface area contributed by atoms with Gasteiger partial charge in [-0.3, -0.25) is 9.00 Å². The molecule has 0 saturated carbocycles. The third-order valence-electron chi connectivity index (χ3n) is 4.31. The summed E-state index contributed by atoms with van der Waals surface area (Å²) in [5.74, 6) is 0.166. The van der Waals surface area contributed by atoms with Gasteiger partial charge in [-0.15, -0.1) is 5.10 Å². The zero-order valence-electron chi connectivity index (χ0n) is 15.0. The molecular weight excluding hydrogens is 376 g/mol. The number of amides is 1. The number of tetrazole rings is 1. The van der Waals surface area contributed by atoms with Crippen molar-refractivity contribution in [2.24, 2.45) is 5.10 Å². The fourth-order valence-electron chi connectivity index (χ4n) is 2.94. The van der Waals surface area contributed by atoms with Crippen molar-refractivity contribution in [2.45, 2.75) is 12.2 Å². The lowest BCUT2D eigenvalue weighted by molar-refractivity contribution is -0.127. The quantitative estimate of drug-likeness (QED) is 0.632. The highest BCUT2D eigenvalue weighted by molar-refractivity contribution is 7.84. The van der Waals surface area contributed by atoms with E-state index in [1.54, 1.807) is 0 Å². The second-order valence-electron chi connectivity index (χ2n) is 6.25. The van der Waals surface area contributed by atoms with Gasteiger partial charge in [-0.25, -0.2) is 5.01 Å². The first-order valence-electron chi connectivity index (χ1n) is 8.81. The summed E-state index contributed by atoms with van der Waals surface area (Å²) < 4.78 is 14.1. The molecule has 4 rings (SSSR count). The Kier molecular flexibility index (Phi) is 5.34. The minimum Gasteiger partial charge on any atom is -0.272 e. The van der Waals surface area contributed by atoms with Gasteiger partial charge in [0.2, 0.25) is 0 Å². The van der Waals surface area contributed by atoms with Crippen LogP contribution in [-0.2, 0) is 21.3 Å². The second-order valence-corrected chi connectivity index (χ2v) is 7.71. The van der Waals surface area contributed by atoms with Crippen LogP contribution in [0.25, 0.3) is 5.69 Å². The average molecular weight is 394 g/mol. The van der Waals surface area contributed by atoms with Gasteiger partial charge in [-0.05, 0) is 28.1 Å². The molecule has 1 aliphatic heterocycles. The normalized spacial score (nSPS) is 14.7. The number of benzene rings is 2. The molecule has 1 aromatic heterocycles. The summed E-state index contributed by atoms with van der Waals surface area (Å²) in [6.07, 6.45) is 0.689. The molecule has 0 bridgehead atoms. The Morgan fingerprint density at radius 1 is 1.04 bits per heavy atom. The lowest BCUT2D eigenvalue weighted by Gasteiger charge is -2.11. The van der Waals surface area contributed by atoms with Gasteiger partial charge in [0.05, 0.1) is 23.7 Å². The molecule has 0 unspecified atom stereocenters. The van der Waals surface area contributed by atoms with Crippen molar-refractivity contribution in [1.82, 2.24) is 25.2 Å². The Labute approximate surface area is 164 Å². The van der Waals surface area contributed by atoms with Crippen LogP contribution in [-0.4, -0.2) is 53.3 Å². The SMILES string of the molecule is O=C(C[S@](=O)Cc1nnnn1-c1ccccc1)N1CCC(c2ccccc2)=N1. The van der Waals surface area contributed by atoms with Crippen molar-refractivity contribution in [3.05, 3.63) is 72.1 Å². The first-order valence-corrected chi connectivity index (χ1v) is 10.3. The van der Waals surface area contributed by atoms with Crippen LogP contribution in [0, 0.1) is 0 Å². The summed E-state index contributed by atoms with van der Waals surface area (Å²) in [5, 5.41) is 17.3. The van der Waals surface area contributed by atoms with E-state index < -0.39 is 10.8 Å². The van der Waals surface area contributed by atoms with E-state index in [2.05, 4.69) is 20.6 Å². The Hall–Kier alpha value is -3.20. The molecule has 0 N–H and O–H groups in total. The first-order chi connectivity index (χ1) is 13.7. The number of hydrogen-bond donors (Lipinski definition) is 0. The monoisotopic (exact) mass is 394 g/mol. The highest BCUT2D eigenvalue weighted by atomic mass is 32.2. The van der Waals surface area contributed by atoms with Crippen LogP contribution in [0.1, 0.15) is 17.8 Å². The minimum absolute atomic E-state index is 0.0940. The predicted octanol–water partition coefficient (Wildman–Crippen LogP) is 1.55. The van der Waals surface area contributed by atoms with Crippen molar-refractivity contribution < 1.29 is 9.00 Å². The van der Waals surface area contributed by atoms with E-state index in [9.17, 15) is 9.00 Å². The zero-order chi connectivity index (χ0) is 19.3. The van der Waals surface area contributed by atoms with Crippen LogP contribution in [0.4, 0.5) is 0 Å². The average Bonchev–Trinajstić information content (AvgIpc) is 3.39. The number of carbonyl (C=O) groups is 1. The maximum atomic E-state index is 12.5. The second kappa shape index (κ2) is 8.22. The molecule has 3 aromatic rings. The molecule has 9 heteroatoms. The largest absolute Gasteiger partial charge is 0.272 e. The molecule has 142 valence electrons. The Morgan fingerprint density at radius 3 is 2.50 bits per heavy atom. The van der Waals surface area contributed by atoms with Gasteiger partial charge in [0.15, 0.2) is 5.82 Å². The van der Waals surface area contributed by atoms with E-state index in [1.165, 1.54) is 9.69 Å². The van der Waals surface area contributed by atoms with Gasteiger partial charge in [-0.1, -0.05) is 48.5 Å². The molecule has 28 heavy (non-hydrogen) atoms. The van der Waals surface area contributed by atoms with Crippen LogP contribution < -0.4 is 0 Å². The summed E-state index contributed by atoms with van der Waals surface area (Å²) in [7, 11) is -1.44. The fraction of sp³-hybridized carbons (Fsp3) is 0.211. The molecular formula is C19H18N6O2S. The molecule has 8 nitrogen and oxygen atoms in total. The lowest BCUT2D eigenvalue weighted by Crippen LogP contribution is -2.29. The Bertz CT molecular complexity index is 1020. The molecule has 2 heterocycles. The molecule has 0 fully saturated rings.